The second kappa shape index (κ2) is 7.60. The van der Waals surface area contributed by atoms with Crippen molar-refractivity contribution in [3.8, 4) is 5.97 Å². The Balaban J connectivity index is 1.53. The molecule has 1 saturated heterocycles. The van der Waals surface area contributed by atoms with Gasteiger partial charge < -0.3 is 9.72 Å². The summed E-state index contributed by atoms with van der Waals surface area (Å²) in [6.07, 6.45) is 5.60. The van der Waals surface area contributed by atoms with E-state index in [1.807, 2.05) is 6.92 Å². The lowest BCUT2D eigenvalue weighted by Gasteiger charge is -2.27. The molecular weight excluding hydrogens is 393 g/mol. The van der Waals surface area contributed by atoms with E-state index in [1.165, 1.54) is 16.5 Å². The number of hydrogen-bond acceptors (Lipinski definition) is 4. The van der Waals surface area contributed by atoms with Crippen molar-refractivity contribution in [3.05, 3.63) is 51.6 Å². The Kier molecular flexibility index (Phi) is 5.13. The number of imidazole rings is 1. The molecule has 1 amide bonds. The Morgan fingerprint density at radius 2 is 2.17 bits per heavy atom. The van der Waals surface area contributed by atoms with Gasteiger partial charge in [0.2, 0.25) is 0 Å². The first-order valence-electron chi connectivity index (χ1n) is 9.50. The van der Waals surface area contributed by atoms with E-state index in [0.29, 0.717) is 5.69 Å². The van der Waals surface area contributed by atoms with Gasteiger partial charge in [-0.1, -0.05) is 19.7 Å². The summed E-state index contributed by atoms with van der Waals surface area (Å²) in [4.78, 5) is 17.5. The van der Waals surface area contributed by atoms with Crippen LogP contribution in [0.5, 0.6) is 0 Å². The average molecular weight is 412 g/mol. The van der Waals surface area contributed by atoms with Gasteiger partial charge in [-0.3, -0.25) is 4.79 Å². The minimum absolute atomic E-state index is 0.0163. The zero-order chi connectivity index (χ0) is 20.7. The maximum absolute atomic E-state index is 14.5. The maximum atomic E-state index is 14.5. The number of pyridine rings is 1. The summed E-state index contributed by atoms with van der Waals surface area (Å²) in [5.41, 5.74) is 1.06. The molecule has 1 aliphatic rings. The van der Waals surface area contributed by atoms with E-state index in [2.05, 4.69) is 16.3 Å². The highest BCUT2D eigenvalue weighted by Crippen LogP contribution is 2.42. The molecule has 1 N–H and O–H groups in total. The highest BCUT2D eigenvalue weighted by atomic mass is 32.1. The van der Waals surface area contributed by atoms with Crippen molar-refractivity contribution in [3.63, 3.8) is 0 Å². The SMILES string of the molecule is Cc1cn2cc(NC(=O)c3sc(C4CCB(C#N)C(C)C4)cc3F)cc(F)c2n1. The molecule has 0 spiro atoms. The van der Waals surface area contributed by atoms with Crippen molar-refractivity contribution in [2.45, 2.75) is 44.7 Å². The summed E-state index contributed by atoms with van der Waals surface area (Å²) in [5.74, 6) is 0.992. The first-order valence-corrected chi connectivity index (χ1v) is 10.3. The van der Waals surface area contributed by atoms with E-state index in [4.69, 9.17) is 0 Å². The van der Waals surface area contributed by atoms with Crippen LogP contribution in [0.1, 0.15) is 45.9 Å². The maximum Gasteiger partial charge on any atom is 0.270 e. The van der Waals surface area contributed by atoms with E-state index in [9.17, 15) is 18.8 Å². The number of fused-ring (bicyclic) bond motifs is 1. The Bertz CT molecular complexity index is 1140. The van der Waals surface area contributed by atoms with Crippen LogP contribution in [0.4, 0.5) is 14.5 Å². The molecule has 2 atom stereocenters. The van der Waals surface area contributed by atoms with Crippen LogP contribution in [0.25, 0.3) is 5.65 Å². The molecule has 2 unspecified atom stereocenters. The number of rotatable bonds is 3. The Hall–Kier alpha value is -2.73. The smallest absolute Gasteiger partial charge is 0.270 e. The number of nitrogens with one attached hydrogen (secondary N) is 1. The molecule has 1 fully saturated rings. The predicted octanol–water partition coefficient (Wildman–Crippen LogP) is 5.06. The van der Waals surface area contributed by atoms with E-state index in [0.717, 1.165) is 35.4 Å². The van der Waals surface area contributed by atoms with Gasteiger partial charge >= 0.3 is 0 Å². The van der Waals surface area contributed by atoms with Crippen LogP contribution >= 0.6 is 11.3 Å². The second-order valence-corrected chi connectivity index (χ2v) is 8.78. The normalized spacial score (nSPS) is 19.3. The lowest BCUT2D eigenvalue weighted by Crippen LogP contribution is -2.24. The Labute approximate surface area is 171 Å². The first-order chi connectivity index (χ1) is 13.9. The number of nitriles is 1. The third-order valence-electron chi connectivity index (χ3n) is 5.53. The van der Waals surface area contributed by atoms with Crippen molar-refractivity contribution in [1.82, 2.24) is 9.38 Å². The molecule has 29 heavy (non-hydrogen) atoms. The average Bonchev–Trinajstić information content (AvgIpc) is 3.24. The topological polar surface area (TPSA) is 70.2 Å². The molecule has 3 aromatic rings. The fraction of sp³-hybridized carbons (Fsp3) is 0.350. The van der Waals surface area contributed by atoms with Crippen molar-refractivity contribution >= 4 is 35.3 Å². The van der Waals surface area contributed by atoms with Crippen molar-refractivity contribution in [2.24, 2.45) is 0 Å². The summed E-state index contributed by atoms with van der Waals surface area (Å²) in [7, 11) is 0. The monoisotopic (exact) mass is 412 g/mol. The largest absolute Gasteiger partial charge is 0.320 e. The summed E-state index contributed by atoms with van der Waals surface area (Å²) in [6, 6.07) is 2.60. The molecule has 4 heterocycles. The fourth-order valence-electron chi connectivity index (χ4n) is 4.02. The highest BCUT2D eigenvalue weighted by Gasteiger charge is 2.33. The lowest BCUT2D eigenvalue weighted by molar-refractivity contribution is 0.102. The summed E-state index contributed by atoms with van der Waals surface area (Å²) < 4.78 is 30.2. The van der Waals surface area contributed by atoms with Crippen molar-refractivity contribution in [2.75, 3.05) is 5.32 Å². The number of halogens is 2. The molecule has 0 aromatic carbocycles. The van der Waals surface area contributed by atoms with Crippen LogP contribution in [0.3, 0.4) is 0 Å². The predicted molar refractivity (Wildman–Crippen MR) is 110 cm³/mol. The number of nitrogens with zero attached hydrogens (tertiary/aromatic N) is 3. The van der Waals surface area contributed by atoms with Crippen molar-refractivity contribution < 1.29 is 13.6 Å². The minimum atomic E-state index is -0.604. The lowest BCUT2D eigenvalue weighted by atomic mass is 9.36. The van der Waals surface area contributed by atoms with Gasteiger partial charge in [0, 0.05) is 29.3 Å². The molecule has 0 radical (unpaired) electrons. The molecule has 3 aromatic heterocycles. The molecule has 0 aliphatic carbocycles. The number of thiophene rings is 1. The van der Waals surface area contributed by atoms with Gasteiger partial charge in [-0.2, -0.15) is 0 Å². The van der Waals surface area contributed by atoms with Crippen LogP contribution < -0.4 is 5.32 Å². The first kappa shape index (κ1) is 19.6. The number of carbonyl (C=O) groups excluding carboxylic acids is 1. The molecule has 0 bridgehead atoms. The second-order valence-electron chi connectivity index (χ2n) is 7.69. The van der Waals surface area contributed by atoms with Gasteiger partial charge in [-0.25, -0.2) is 19.0 Å². The molecule has 9 heteroatoms. The van der Waals surface area contributed by atoms with Crippen LogP contribution in [-0.4, -0.2) is 22.0 Å². The third-order valence-corrected chi connectivity index (χ3v) is 6.81. The number of aryl methyl sites for hydroxylation is 1. The van der Waals surface area contributed by atoms with E-state index in [-0.39, 0.29) is 34.7 Å². The number of amides is 1. The molecular formula is C20H19BF2N4OS. The van der Waals surface area contributed by atoms with Gasteiger partial charge in [0.1, 0.15) is 10.7 Å². The fourth-order valence-corrected chi connectivity index (χ4v) is 5.10. The highest BCUT2D eigenvalue weighted by molar-refractivity contribution is 7.14. The van der Waals surface area contributed by atoms with Crippen LogP contribution in [0.2, 0.25) is 12.1 Å². The zero-order valence-electron chi connectivity index (χ0n) is 16.1. The summed E-state index contributed by atoms with van der Waals surface area (Å²) >= 11 is 1.13. The van der Waals surface area contributed by atoms with Gasteiger partial charge in [-0.05, 0) is 31.1 Å². The van der Waals surface area contributed by atoms with Crippen LogP contribution in [0, 0.1) is 29.8 Å². The van der Waals surface area contributed by atoms with Crippen LogP contribution in [0.15, 0.2) is 24.5 Å². The molecule has 1 aliphatic heterocycles. The van der Waals surface area contributed by atoms with Crippen molar-refractivity contribution in [1.29, 1.82) is 5.26 Å². The van der Waals surface area contributed by atoms with E-state index < -0.39 is 17.5 Å². The zero-order valence-corrected chi connectivity index (χ0v) is 16.9. The molecule has 4 rings (SSSR count). The van der Waals surface area contributed by atoms with E-state index in [1.54, 1.807) is 19.3 Å². The molecule has 5 nitrogen and oxygen atoms in total. The quantitative estimate of drug-likeness (QED) is 0.612. The Morgan fingerprint density at radius 1 is 1.38 bits per heavy atom. The third kappa shape index (κ3) is 3.77. The number of hydrogen-bond donors (Lipinski definition) is 1. The van der Waals surface area contributed by atoms with Gasteiger partial charge in [0.25, 0.3) is 12.6 Å². The van der Waals surface area contributed by atoms with Gasteiger partial charge in [0.05, 0.1) is 11.4 Å². The Morgan fingerprint density at radius 3 is 2.90 bits per heavy atom. The molecule has 148 valence electrons. The molecule has 0 saturated carbocycles. The standard InChI is InChI=1S/C20H19BF2N4OS/c1-11-5-13(3-4-21(11)10-24)17-7-15(22)18(29-17)20(28)26-14-6-16(23)19-25-12(2)8-27(19)9-14/h6-9,11,13H,3-5H2,1-2H3,(H,26,28). The summed E-state index contributed by atoms with van der Waals surface area (Å²) in [6.45, 7) is 3.83. The van der Waals surface area contributed by atoms with Crippen LogP contribution in [-0.2, 0) is 0 Å². The number of aromatic nitrogens is 2. The van der Waals surface area contributed by atoms with E-state index >= 15 is 0 Å². The minimum Gasteiger partial charge on any atom is -0.320 e. The van der Waals surface area contributed by atoms with Gasteiger partial charge in [-0.15, -0.1) is 11.3 Å². The summed E-state index contributed by atoms with van der Waals surface area (Å²) in [5, 5.41) is 11.8. The number of carbonyl (C=O) groups is 1. The number of anilines is 1. The van der Waals surface area contributed by atoms with Gasteiger partial charge in [0.15, 0.2) is 11.5 Å².